The van der Waals surface area contributed by atoms with Gasteiger partial charge in [-0.1, -0.05) is 13.8 Å². The fourth-order valence-electron chi connectivity index (χ4n) is 1.37. The van der Waals surface area contributed by atoms with Crippen LogP contribution < -0.4 is 11.1 Å². The molecule has 0 radical (unpaired) electrons. The quantitative estimate of drug-likeness (QED) is 0.763. The first kappa shape index (κ1) is 11.0. The summed E-state index contributed by atoms with van der Waals surface area (Å²) < 4.78 is 1.83. The zero-order chi connectivity index (χ0) is 10.7. The van der Waals surface area contributed by atoms with Gasteiger partial charge in [0.2, 0.25) is 0 Å². The predicted molar refractivity (Wildman–Crippen MR) is 59.4 cm³/mol. The topological polar surface area (TPSA) is 55.9 Å². The molecule has 0 spiro atoms. The largest absolute Gasteiger partial charge is 0.379 e. The SMILES string of the molecule is CC(CN)Nc1cn(C)nc1C(C)C. The average molecular weight is 196 g/mol. The molecule has 3 N–H and O–H groups in total. The van der Waals surface area contributed by atoms with Gasteiger partial charge in [-0.2, -0.15) is 5.10 Å². The molecular formula is C10H20N4. The van der Waals surface area contributed by atoms with E-state index in [0.717, 1.165) is 11.4 Å². The minimum absolute atomic E-state index is 0.289. The highest BCUT2D eigenvalue weighted by molar-refractivity contribution is 5.48. The Kier molecular flexibility index (Phi) is 3.52. The van der Waals surface area contributed by atoms with Crippen molar-refractivity contribution in [2.45, 2.75) is 32.7 Å². The van der Waals surface area contributed by atoms with Crippen molar-refractivity contribution in [1.82, 2.24) is 9.78 Å². The molecule has 1 aromatic heterocycles. The van der Waals surface area contributed by atoms with E-state index in [1.165, 1.54) is 0 Å². The van der Waals surface area contributed by atoms with Gasteiger partial charge in [-0.05, 0) is 12.8 Å². The normalized spacial score (nSPS) is 13.3. The Labute approximate surface area is 85.5 Å². The average Bonchev–Trinajstić information content (AvgIpc) is 2.46. The summed E-state index contributed by atoms with van der Waals surface area (Å²) in [6, 6.07) is 0.289. The molecule has 0 amide bonds. The highest BCUT2D eigenvalue weighted by Gasteiger charge is 2.12. The second kappa shape index (κ2) is 4.46. The van der Waals surface area contributed by atoms with Crippen molar-refractivity contribution in [1.29, 1.82) is 0 Å². The smallest absolute Gasteiger partial charge is 0.0881 e. The number of aromatic nitrogens is 2. The Morgan fingerprint density at radius 2 is 2.14 bits per heavy atom. The van der Waals surface area contributed by atoms with Crippen molar-refractivity contribution < 1.29 is 0 Å². The van der Waals surface area contributed by atoms with Crippen LogP contribution in [-0.2, 0) is 7.05 Å². The van der Waals surface area contributed by atoms with Crippen LogP contribution >= 0.6 is 0 Å². The fourth-order valence-corrected chi connectivity index (χ4v) is 1.37. The van der Waals surface area contributed by atoms with Crippen LogP contribution in [0.4, 0.5) is 5.69 Å². The molecule has 0 saturated heterocycles. The van der Waals surface area contributed by atoms with Gasteiger partial charge in [-0.15, -0.1) is 0 Å². The molecule has 4 nitrogen and oxygen atoms in total. The van der Waals surface area contributed by atoms with Crippen LogP contribution in [0.2, 0.25) is 0 Å². The van der Waals surface area contributed by atoms with Gasteiger partial charge < -0.3 is 11.1 Å². The van der Waals surface area contributed by atoms with Crippen LogP contribution in [0.3, 0.4) is 0 Å². The maximum atomic E-state index is 5.56. The second-order valence-electron chi connectivity index (χ2n) is 4.04. The number of anilines is 1. The predicted octanol–water partition coefficient (Wildman–Crippen LogP) is 1.30. The molecule has 1 aromatic rings. The summed E-state index contributed by atoms with van der Waals surface area (Å²) in [4.78, 5) is 0. The van der Waals surface area contributed by atoms with Crippen LogP contribution in [-0.4, -0.2) is 22.4 Å². The van der Waals surface area contributed by atoms with Crippen molar-refractivity contribution >= 4 is 5.69 Å². The summed E-state index contributed by atoms with van der Waals surface area (Å²) in [5, 5.41) is 7.76. The monoisotopic (exact) mass is 196 g/mol. The molecule has 0 aliphatic rings. The van der Waals surface area contributed by atoms with Crippen LogP contribution in [0.1, 0.15) is 32.4 Å². The van der Waals surface area contributed by atoms with Gasteiger partial charge in [-0.25, -0.2) is 0 Å². The molecule has 80 valence electrons. The first-order valence-corrected chi connectivity index (χ1v) is 5.04. The minimum Gasteiger partial charge on any atom is -0.379 e. The number of aryl methyl sites for hydroxylation is 1. The van der Waals surface area contributed by atoms with Gasteiger partial charge in [-0.3, -0.25) is 4.68 Å². The molecule has 1 atom stereocenters. The van der Waals surface area contributed by atoms with E-state index in [1.807, 2.05) is 17.9 Å². The standard InChI is InChI=1S/C10H20N4/c1-7(2)10-9(6-14(4)13-10)12-8(3)5-11/h6-8,12H,5,11H2,1-4H3. The number of hydrogen-bond acceptors (Lipinski definition) is 3. The molecule has 1 unspecified atom stereocenters. The van der Waals surface area contributed by atoms with Gasteiger partial charge in [0.1, 0.15) is 0 Å². The molecular weight excluding hydrogens is 176 g/mol. The van der Waals surface area contributed by atoms with Crippen molar-refractivity contribution in [2.24, 2.45) is 12.8 Å². The third-order valence-corrected chi connectivity index (χ3v) is 2.16. The van der Waals surface area contributed by atoms with Crippen LogP contribution in [0.5, 0.6) is 0 Å². The molecule has 14 heavy (non-hydrogen) atoms. The lowest BCUT2D eigenvalue weighted by atomic mass is 10.1. The molecule has 1 rings (SSSR count). The van der Waals surface area contributed by atoms with Crippen LogP contribution in [0.25, 0.3) is 0 Å². The van der Waals surface area contributed by atoms with E-state index in [1.54, 1.807) is 0 Å². The number of nitrogens with one attached hydrogen (secondary N) is 1. The van der Waals surface area contributed by atoms with E-state index in [4.69, 9.17) is 5.73 Å². The lowest BCUT2D eigenvalue weighted by Crippen LogP contribution is -2.25. The second-order valence-corrected chi connectivity index (χ2v) is 4.04. The fraction of sp³-hybridized carbons (Fsp3) is 0.700. The molecule has 0 aliphatic heterocycles. The molecule has 0 saturated carbocycles. The minimum atomic E-state index is 0.289. The molecule has 0 aromatic carbocycles. The van der Waals surface area contributed by atoms with Crippen molar-refractivity contribution in [3.63, 3.8) is 0 Å². The van der Waals surface area contributed by atoms with E-state index >= 15 is 0 Å². The van der Waals surface area contributed by atoms with Crippen molar-refractivity contribution in [3.8, 4) is 0 Å². The Morgan fingerprint density at radius 3 is 2.64 bits per heavy atom. The number of rotatable bonds is 4. The highest BCUT2D eigenvalue weighted by Crippen LogP contribution is 2.22. The Bertz CT molecular complexity index is 290. The van der Waals surface area contributed by atoms with Crippen molar-refractivity contribution in [2.75, 3.05) is 11.9 Å². The molecule has 0 aliphatic carbocycles. The molecule has 0 bridgehead atoms. The highest BCUT2D eigenvalue weighted by atomic mass is 15.3. The summed E-state index contributed by atoms with van der Waals surface area (Å²) in [5.74, 6) is 0.434. The Hall–Kier alpha value is -1.03. The van der Waals surface area contributed by atoms with Gasteiger partial charge in [0.15, 0.2) is 0 Å². The first-order chi connectivity index (χ1) is 6.54. The first-order valence-electron chi connectivity index (χ1n) is 5.04. The maximum Gasteiger partial charge on any atom is 0.0881 e. The summed E-state index contributed by atoms with van der Waals surface area (Å²) in [7, 11) is 1.93. The van der Waals surface area contributed by atoms with E-state index in [0.29, 0.717) is 12.5 Å². The third kappa shape index (κ3) is 2.48. The van der Waals surface area contributed by atoms with E-state index in [-0.39, 0.29) is 6.04 Å². The van der Waals surface area contributed by atoms with Gasteiger partial charge in [0.25, 0.3) is 0 Å². The number of nitrogens with two attached hydrogens (primary N) is 1. The zero-order valence-electron chi connectivity index (χ0n) is 9.41. The lowest BCUT2D eigenvalue weighted by molar-refractivity contribution is 0.712. The van der Waals surface area contributed by atoms with Crippen LogP contribution in [0, 0.1) is 0 Å². The number of hydrogen-bond donors (Lipinski definition) is 2. The molecule has 4 heteroatoms. The lowest BCUT2D eigenvalue weighted by Gasteiger charge is -2.13. The van der Waals surface area contributed by atoms with E-state index < -0.39 is 0 Å². The Balaban J connectivity index is 2.84. The van der Waals surface area contributed by atoms with Crippen LogP contribution in [0.15, 0.2) is 6.20 Å². The maximum absolute atomic E-state index is 5.56. The Morgan fingerprint density at radius 1 is 1.50 bits per heavy atom. The van der Waals surface area contributed by atoms with Gasteiger partial charge in [0, 0.05) is 25.8 Å². The van der Waals surface area contributed by atoms with Crippen molar-refractivity contribution in [3.05, 3.63) is 11.9 Å². The molecule has 1 heterocycles. The summed E-state index contributed by atoms with van der Waals surface area (Å²) in [5.41, 5.74) is 7.77. The van der Waals surface area contributed by atoms with Gasteiger partial charge >= 0.3 is 0 Å². The molecule has 0 fully saturated rings. The summed E-state index contributed by atoms with van der Waals surface area (Å²) >= 11 is 0. The van der Waals surface area contributed by atoms with E-state index in [2.05, 4.69) is 31.2 Å². The van der Waals surface area contributed by atoms with Gasteiger partial charge in [0.05, 0.1) is 11.4 Å². The summed E-state index contributed by atoms with van der Waals surface area (Å²) in [6.07, 6.45) is 2.00. The number of nitrogens with zero attached hydrogens (tertiary/aromatic N) is 2. The summed E-state index contributed by atoms with van der Waals surface area (Å²) in [6.45, 7) is 6.98. The zero-order valence-corrected chi connectivity index (χ0v) is 9.41. The van der Waals surface area contributed by atoms with E-state index in [9.17, 15) is 0 Å². The third-order valence-electron chi connectivity index (χ3n) is 2.16.